The van der Waals surface area contributed by atoms with E-state index in [0.29, 0.717) is 6.10 Å². The lowest BCUT2D eigenvalue weighted by molar-refractivity contribution is -0.0251. The van der Waals surface area contributed by atoms with Crippen LogP contribution in [0.2, 0.25) is 0 Å². The summed E-state index contributed by atoms with van der Waals surface area (Å²) < 4.78 is 5.74. The lowest BCUT2D eigenvalue weighted by atomic mass is 10.2. The van der Waals surface area contributed by atoms with Gasteiger partial charge in [0.1, 0.15) is 0 Å². The SMILES string of the molecule is CCN1CCOC(CNCCc2ccccn2)C1. The van der Waals surface area contributed by atoms with Gasteiger partial charge in [0.05, 0.1) is 12.7 Å². The monoisotopic (exact) mass is 249 g/mol. The first kappa shape index (κ1) is 13.5. The predicted molar refractivity (Wildman–Crippen MR) is 72.7 cm³/mol. The Labute approximate surface area is 109 Å². The second-order valence-electron chi connectivity index (χ2n) is 4.66. The van der Waals surface area contributed by atoms with Crippen LogP contribution >= 0.6 is 0 Å². The highest BCUT2D eigenvalue weighted by Crippen LogP contribution is 2.03. The van der Waals surface area contributed by atoms with E-state index in [1.807, 2.05) is 18.3 Å². The van der Waals surface area contributed by atoms with Crippen molar-refractivity contribution in [1.29, 1.82) is 0 Å². The molecule has 0 bridgehead atoms. The number of ether oxygens (including phenoxy) is 1. The van der Waals surface area contributed by atoms with Crippen molar-refractivity contribution in [2.45, 2.75) is 19.4 Å². The second-order valence-corrected chi connectivity index (χ2v) is 4.66. The number of hydrogen-bond donors (Lipinski definition) is 1. The van der Waals surface area contributed by atoms with Crippen molar-refractivity contribution in [3.8, 4) is 0 Å². The smallest absolute Gasteiger partial charge is 0.0826 e. The first-order chi connectivity index (χ1) is 8.88. The van der Waals surface area contributed by atoms with Crippen molar-refractivity contribution >= 4 is 0 Å². The molecule has 1 aliphatic rings. The molecule has 4 nitrogen and oxygen atoms in total. The average Bonchev–Trinajstić information content (AvgIpc) is 2.45. The summed E-state index contributed by atoms with van der Waals surface area (Å²) in [5, 5.41) is 3.46. The van der Waals surface area contributed by atoms with E-state index in [4.69, 9.17) is 4.74 Å². The highest BCUT2D eigenvalue weighted by molar-refractivity contribution is 5.03. The number of morpholine rings is 1. The van der Waals surface area contributed by atoms with Gasteiger partial charge < -0.3 is 10.1 Å². The van der Waals surface area contributed by atoms with Crippen LogP contribution in [-0.4, -0.2) is 55.3 Å². The Bertz CT molecular complexity index is 331. The van der Waals surface area contributed by atoms with Crippen molar-refractivity contribution in [3.63, 3.8) is 0 Å². The van der Waals surface area contributed by atoms with E-state index >= 15 is 0 Å². The van der Waals surface area contributed by atoms with E-state index in [9.17, 15) is 0 Å². The molecule has 0 spiro atoms. The van der Waals surface area contributed by atoms with E-state index in [1.54, 1.807) is 0 Å². The van der Waals surface area contributed by atoms with Crippen LogP contribution in [0.15, 0.2) is 24.4 Å². The van der Waals surface area contributed by atoms with Gasteiger partial charge in [0.2, 0.25) is 0 Å². The molecule has 18 heavy (non-hydrogen) atoms. The standard InChI is InChI=1S/C14H23N3O/c1-2-17-9-10-18-14(12-17)11-15-8-6-13-5-3-4-7-16-13/h3-5,7,14-15H,2,6,8-12H2,1H3. The van der Waals surface area contributed by atoms with E-state index < -0.39 is 0 Å². The Kier molecular flexibility index (Phi) is 5.58. The molecule has 1 aliphatic heterocycles. The van der Waals surface area contributed by atoms with Crippen LogP contribution in [0.3, 0.4) is 0 Å². The number of aromatic nitrogens is 1. The quantitative estimate of drug-likeness (QED) is 0.761. The van der Waals surface area contributed by atoms with Gasteiger partial charge in [-0.25, -0.2) is 0 Å². The zero-order valence-electron chi connectivity index (χ0n) is 11.1. The first-order valence-corrected chi connectivity index (χ1v) is 6.83. The number of nitrogens with zero attached hydrogens (tertiary/aromatic N) is 2. The van der Waals surface area contributed by atoms with Crippen molar-refractivity contribution in [2.75, 3.05) is 39.3 Å². The molecule has 0 aliphatic carbocycles. The molecule has 1 saturated heterocycles. The maximum Gasteiger partial charge on any atom is 0.0826 e. The molecule has 4 heteroatoms. The van der Waals surface area contributed by atoms with Crippen LogP contribution in [0.1, 0.15) is 12.6 Å². The molecular formula is C14H23N3O. The van der Waals surface area contributed by atoms with Crippen molar-refractivity contribution in [2.24, 2.45) is 0 Å². The van der Waals surface area contributed by atoms with Crippen LogP contribution in [0, 0.1) is 0 Å². The summed E-state index contributed by atoms with van der Waals surface area (Å²) in [6.45, 7) is 8.20. The second kappa shape index (κ2) is 7.46. The summed E-state index contributed by atoms with van der Waals surface area (Å²) in [7, 11) is 0. The molecule has 0 amide bonds. The van der Waals surface area contributed by atoms with E-state index in [1.165, 1.54) is 0 Å². The Morgan fingerprint density at radius 1 is 1.50 bits per heavy atom. The zero-order valence-corrected chi connectivity index (χ0v) is 11.1. The molecular weight excluding hydrogens is 226 g/mol. The molecule has 2 heterocycles. The fraction of sp³-hybridized carbons (Fsp3) is 0.643. The third-order valence-corrected chi connectivity index (χ3v) is 3.33. The Hall–Kier alpha value is -0.970. The summed E-state index contributed by atoms with van der Waals surface area (Å²) in [5.74, 6) is 0. The Morgan fingerprint density at radius 2 is 2.44 bits per heavy atom. The van der Waals surface area contributed by atoms with Gasteiger partial charge in [-0.1, -0.05) is 13.0 Å². The molecule has 2 rings (SSSR count). The lowest BCUT2D eigenvalue weighted by Crippen LogP contribution is -2.46. The molecule has 0 saturated carbocycles. The van der Waals surface area contributed by atoms with Crippen LogP contribution in [0.5, 0.6) is 0 Å². The summed E-state index contributed by atoms with van der Waals surface area (Å²) in [6.07, 6.45) is 3.16. The first-order valence-electron chi connectivity index (χ1n) is 6.83. The minimum absolute atomic E-state index is 0.336. The van der Waals surface area contributed by atoms with E-state index in [0.717, 1.165) is 51.4 Å². The molecule has 1 N–H and O–H groups in total. The molecule has 100 valence electrons. The third kappa shape index (κ3) is 4.37. The number of hydrogen-bond acceptors (Lipinski definition) is 4. The Balaban J connectivity index is 1.60. The minimum Gasteiger partial charge on any atom is -0.374 e. The number of nitrogens with one attached hydrogen (secondary N) is 1. The van der Waals surface area contributed by atoms with Gasteiger partial charge in [0.15, 0.2) is 0 Å². The predicted octanol–water partition coefficient (Wildman–Crippen LogP) is 0.934. The molecule has 0 radical (unpaired) electrons. The fourth-order valence-corrected chi connectivity index (χ4v) is 2.22. The maximum atomic E-state index is 5.74. The highest BCUT2D eigenvalue weighted by atomic mass is 16.5. The van der Waals surface area contributed by atoms with Gasteiger partial charge in [0, 0.05) is 44.5 Å². The fourth-order valence-electron chi connectivity index (χ4n) is 2.22. The van der Waals surface area contributed by atoms with Crippen LogP contribution in [0.4, 0.5) is 0 Å². The number of rotatable bonds is 6. The molecule has 1 unspecified atom stereocenters. The molecule has 1 aromatic rings. The minimum atomic E-state index is 0.336. The van der Waals surface area contributed by atoms with Crippen LogP contribution in [0.25, 0.3) is 0 Å². The topological polar surface area (TPSA) is 37.4 Å². The van der Waals surface area contributed by atoms with Gasteiger partial charge in [-0.15, -0.1) is 0 Å². The van der Waals surface area contributed by atoms with E-state index in [-0.39, 0.29) is 0 Å². The zero-order chi connectivity index (χ0) is 12.6. The summed E-state index contributed by atoms with van der Waals surface area (Å²) in [5.41, 5.74) is 1.14. The summed E-state index contributed by atoms with van der Waals surface area (Å²) in [6, 6.07) is 6.05. The third-order valence-electron chi connectivity index (χ3n) is 3.33. The molecule has 1 aromatic heterocycles. The Morgan fingerprint density at radius 3 is 3.22 bits per heavy atom. The van der Waals surface area contributed by atoms with E-state index in [2.05, 4.69) is 28.2 Å². The van der Waals surface area contributed by atoms with Gasteiger partial charge in [-0.05, 0) is 18.7 Å². The van der Waals surface area contributed by atoms with Crippen molar-refractivity contribution in [1.82, 2.24) is 15.2 Å². The van der Waals surface area contributed by atoms with Crippen molar-refractivity contribution in [3.05, 3.63) is 30.1 Å². The van der Waals surface area contributed by atoms with Crippen LogP contribution in [-0.2, 0) is 11.2 Å². The molecule has 1 fully saturated rings. The summed E-state index contributed by atoms with van der Waals surface area (Å²) in [4.78, 5) is 6.75. The number of likely N-dealkylation sites (N-methyl/N-ethyl adjacent to an activating group) is 1. The molecule has 0 aromatic carbocycles. The largest absolute Gasteiger partial charge is 0.374 e. The van der Waals surface area contributed by atoms with Crippen molar-refractivity contribution < 1.29 is 4.74 Å². The van der Waals surface area contributed by atoms with Gasteiger partial charge in [0.25, 0.3) is 0 Å². The van der Waals surface area contributed by atoms with Gasteiger partial charge in [-0.3, -0.25) is 9.88 Å². The lowest BCUT2D eigenvalue weighted by Gasteiger charge is -2.32. The van der Waals surface area contributed by atoms with Gasteiger partial charge >= 0.3 is 0 Å². The highest BCUT2D eigenvalue weighted by Gasteiger charge is 2.18. The molecule has 1 atom stereocenters. The van der Waals surface area contributed by atoms with Crippen LogP contribution < -0.4 is 5.32 Å². The normalized spacial score (nSPS) is 21.1. The summed E-state index contributed by atoms with van der Waals surface area (Å²) >= 11 is 0. The average molecular weight is 249 g/mol. The number of pyridine rings is 1. The maximum absolute atomic E-state index is 5.74. The van der Waals surface area contributed by atoms with Gasteiger partial charge in [-0.2, -0.15) is 0 Å².